The Labute approximate surface area is 109 Å². The average Bonchev–Trinajstić information content (AvgIpc) is 2.28. The number of hydrogen-bond acceptors (Lipinski definition) is 2. The van der Waals surface area contributed by atoms with Gasteiger partial charge in [-0.25, -0.2) is 9.37 Å². The van der Waals surface area contributed by atoms with Crippen molar-refractivity contribution in [1.82, 2.24) is 4.98 Å². The van der Waals surface area contributed by atoms with Crippen molar-refractivity contribution in [1.29, 1.82) is 0 Å². The summed E-state index contributed by atoms with van der Waals surface area (Å²) in [5.41, 5.74) is 0.726. The minimum atomic E-state index is -0.558. The van der Waals surface area contributed by atoms with Gasteiger partial charge < -0.3 is 5.32 Å². The lowest BCUT2D eigenvalue weighted by Gasteiger charge is -2.16. The third kappa shape index (κ3) is 2.96. The van der Waals surface area contributed by atoms with Gasteiger partial charge in [0.2, 0.25) is 5.95 Å². The van der Waals surface area contributed by atoms with Crippen LogP contribution >= 0.6 is 11.6 Å². The van der Waals surface area contributed by atoms with E-state index < -0.39 is 5.95 Å². The molecule has 0 aliphatic rings. The Kier molecular flexibility index (Phi) is 3.77. The predicted molar refractivity (Wildman–Crippen MR) is 67.6 cm³/mol. The summed E-state index contributed by atoms with van der Waals surface area (Å²) in [7, 11) is 0. The van der Waals surface area contributed by atoms with E-state index in [1.165, 1.54) is 18.2 Å². The van der Waals surface area contributed by atoms with Crippen LogP contribution in [-0.4, -0.2) is 4.98 Å². The van der Waals surface area contributed by atoms with Gasteiger partial charge in [0, 0.05) is 5.02 Å². The van der Waals surface area contributed by atoms with Crippen LogP contribution in [0.15, 0.2) is 36.4 Å². The van der Waals surface area contributed by atoms with Crippen LogP contribution in [0.2, 0.25) is 5.02 Å². The molecule has 0 aliphatic heterocycles. The first kappa shape index (κ1) is 12.8. The molecule has 0 saturated heterocycles. The second kappa shape index (κ2) is 5.31. The van der Waals surface area contributed by atoms with Crippen molar-refractivity contribution in [3.05, 3.63) is 58.7 Å². The summed E-state index contributed by atoms with van der Waals surface area (Å²) in [4.78, 5) is 3.69. The Balaban J connectivity index is 2.19. The standard InChI is InChI=1S/C13H11ClF2N2/c1-8(10-6-5-9(15)7-11(10)14)17-13-4-2-3-12(16)18-13/h2-8H,1H3,(H,17,18). The maximum absolute atomic E-state index is 12.9. The van der Waals surface area contributed by atoms with E-state index in [9.17, 15) is 8.78 Å². The molecule has 1 aromatic heterocycles. The number of pyridine rings is 1. The lowest BCUT2D eigenvalue weighted by atomic mass is 10.1. The van der Waals surface area contributed by atoms with Gasteiger partial charge >= 0.3 is 0 Å². The molecule has 5 heteroatoms. The topological polar surface area (TPSA) is 24.9 Å². The summed E-state index contributed by atoms with van der Waals surface area (Å²) in [6, 6.07) is 8.44. The van der Waals surface area contributed by atoms with Gasteiger partial charge in [0.25, 0.3) is 0 Å². The van der Waals surface area contributed by atoms with Crippen molar-refractivity contribution >= 4 is 17.4 Å². The summed E-state index contributed by atoms with van der Waals surface area (Å²) in [5, 5.41) is 3.33. The molecule has 1 atom stereocenters. The van der Waals surface area contributed by atoms with Crippen molar-refractivity contribution in [2.75, 3.05) is 5.32 Å². The van der Waals surface area contributed by atoms with E-state index in [4.69, 9.17) is 11.6 Å². The lowest BCUT2D eigenvalue weighted by molar-refractivity contribution is 0.584. The Morgan fingerprint density at radius 3 is 2.67 bits per heavy atom. The zero-order valence-corrected chi connectivity index (χ0v) is 10.4. The Hall–Kier alpha value is -1.68. The molecule has 2 aromatic rings. The Morgan fingerprint density at radius 1 is 1.22 bits per heavy atom. The highest BCUT2D eigenvalue weighted by Gasteiger charge is 2.11. The molecule has 0 saturated carbocycles. The van der Waals surface area contributed by atoms with Crippen molar-refractivity contribution in [2.45, 2.75) is 13.0 Å². The molecule has 1 aromatic carbocycles. The van der Waals surface area contributed by atoms with Crippen LogP contribution < -0.4 is 5.32 Å². The number of nitrogens with one attached hydrogen (secondary N) is 1. The fourth-order valence-corrected chi connectivity index (χ4v) is 1.97. The molecule has 1 heterocycles. The van der Waals surface area contributed by atoms with Crippen LogP contribution in [0, 0.1) is 11.8 Å². The Bertz CT molecular complexity index is 560. The van der Waals surface area contributed by atoms with E-state index >= 15 is 0 Å². The van der Waals surface area contributed by atoms with E-state index in [2.05, 4.69) is 10.3 Å². The molecule has 0 amide bonds. The minimum Gasteiger partial charge on any atom is -0.363 e. The van der Waals surface area contributed by atoms with E-state index in [0.717, 1.165) is 5.56 Å². The Morgan fingerprint density at radius 2 is 2.00 bits per heavy atom. The second-order valence-corrected chi connectivity index (χ2v) is 4.28. The molecular weight excluding hydrogens is 258 g/mol. The van der Waals surface area contributed by atoms with Crippen molar-refractivity contribution in [2.24, 2.45) is 0 Å². The van der Waals surface area contributed by atoms with Gasteiger partial charge in [0.15, 0.2) is 0 Å². The van der Waals surface area contributed by atoms with Crippen LogP contribution in [0.5, 0.6) is 0 Å². The van der Waals surface area contributed by atoms with E-state index in [1.54, 1.807) is 18.2 Å². The molecule has 0 radical (unpaired) electrons. The number of halogens is 3. The van der Waals surface area contributed by atoms with Gasteiger partial charge in [-0.3, -0.25) is 0 Å². The molecule has 2 rings (SSSR count). The van der Waals surface area contributed by atoms with Gasteiger partial charge in [-0.15, -0.1) is 0 Å². The first-order valence-electron chi connectivity index (χ1n) is 5.40. The summed E-state index contributed by atoms with van der Waals surface area (Å²) in [6.45, 7) is 1.84. The van der Waals surface area contributed by atoms with Gasteiger partial charge in [-0.05, 0) is 36.8 Å². The van der Waals surface area contributed by atoms with E-state index in [0.29, 0.717) is 10.8 Å². The molecule has 1 unspecified atom stereocenters. The van der Waals surface area contributed by atoms with Crippen LogP contribution in [-0.2, 0) is 0 Å². The molecular formula is C13H11ClF2N2. The lowest BCUT2D eigenvalue weighted by Crippen LogP contribution is -2.09. The molecule has 0 aliphatic carbocycles. The first-order chi connectivity index (χ1) is 8.56. The van der Waals surface area contributed by atoms with E-state index in [1.807, 2.05) is 6.92 Å². The summed E-state index contributed by atoms with van der Waals surface area (Å²) >= 11 is 5.95. The highest BCUT2D eigenvalue weighted by Crippen LogP contribution is 2.26. The van der Waals surface area contributed by atoms with Crippen LogP contribution in [0.25, 0.3) is 0 Å². The quantitative estimate of drug-likeness (QED) is 0.845. The first-order valence-corrected chi connectivity index (χ1v) is 5.78. The van der Waals surface area contributed by atoms with Gasteiger partial charge in [-0.2, -0.15) is 4.39 Å². The van der Waals surface area contributed by atoms with Crippen molar-refractivity contribution < 1.29 is 8.78 Å². The summed E-state index contributed by atoms with van der Waals surface area (Å²) < 4.78 is 25.8. The smallest absolute Gasteiger partial charge is 0.214 e. The van der Waals surface area contributed by atoms with Crippen LogP contribution in [0.4, 0.5) is 14.6 Å². The second-order valence-electron chi connectivity index (χ2n) is 3.88. The van der Waals surface area contributed by atoms with Crippen molar-refractivity contribution in [3.63, 3.8) is 0 Å². The zero-order chi connectivity index (χ0) is 13.1. The molecule has 18 heavy (non-hydrogen) atoms. The molecule has 2 nitrogen and oxygen atoms in total. The predicted octanol–water partition coefficient (Wildman–Crippen LogP) is 4.19. The molecule has 94 valence electrons. The number of aromatic nitrogens is 1. The molecule has 1 N–H and O–H groups in total. The van der Waals surface area contributed by atoms with E-state index in [-0.39, 0.29) is 11.9 Å². The highest BCUT2D eigenvalue weighted by molar-refractivity contribution is 6.31. The van der Waals surface area contributed by atoms with Gasteiger partial charge in [0.1, 0.15) is 11.6 Å². The fourth-order valence-electron chi connectivity index (χ4n) is 1.64. The molecule has 0 fully saturated rings. The summed E-state index contributed by atoms with van der Waals surface area (Å²) in [5.74, 6) is -0.542. The van der Waals surface area contributed by atoms with Gasteiger partial charge in [-0.1, -0.05) is 23.7 Å². The number of hydrogen-bond donors (Lipinski definition) is 1. The van der Waals surface area contributed by atoms with Crippen molar-refractivity contribution in [3.8, 4) is 0 Å². The van der Waals surface area contributed by atoms with Crippen LogP contribution in [0.3, 0.4) is 0 Å². The molecule has 0 spiro atoms. The largest absolute Gasteiger partial charge is 0.363 e. The summed E-state index contributed by atoms with van der Waals surface area (Å²) in [6.07, 6.45) is 0. The van der Waals surface area contributed by atoms with Gasteiger partial charge in [0.05, 0.1) is 6.04 Å². The monoisotopic (exact) mass is 268 g/mol. The molecule has 0 bridgehead atoms. The van der Waals surface area contributed by atoms with Crippen LogP contribution in [0.1, 0.15) is 18.5 Å². The maximum Gasteiger partial charge on any atom is 0.214 e. The number of nitrogens with zero attached hydrogens (tertiary/aromatic N) is 1. The fraction of sp³-hybridized carbons (Fsp3) is 0.154. The SMILES string of the molecule is CC(Nc1cccc(F)n1)c1ccc(F)cc1Cl. The third-order valence-corrected chi connectivity index (χ3v) is 2.84. The normalized spacial score (nSPS) is 12.2. The number of rotatable bonds is 3. The minimum absolute atomic E-state index is 0.201. The maximum atomic E-state index is 12.9. The zero-order valence-electron chi connectivity index (χ0n) is 9.62. The third-order valence-electron chi connectivity index (χ3n) is 2.51. The average molecular weight is 269 g/mol. The highest BCUT2D eigenvalue weighted by atomic mass is 35.5. The number of benzene rings is 1. The number of anilines is 1.